The third-order valence-electron chi connectivity index (χ3n) is 8.35. The minimum atomic E-state index is -3.01. The summed E-state index contributed by atoms with van der Waals surface area (Å²) >= 11 is 0. The van der Waals surface area contributed by atoms with E-state index in [-0.39, 0.29) is 36.3 Å². The standard InChI is InChI=1S/C29H40N6O4S/c1-18(2)22-6-7-25(35-15-21(19(35)3)17-40(5,37)38)24-13-31-28(12-23(22)24)32-27-8-10-30-29(33-27)34-11-9-26(39-4)20(14-34)16-36/h6-8,10,12-13,18-21,26,36H,9,11,14-17H2,1-5H3,(H,30,31,32,33)/t19-,20-,21-,26-/m1/s1. The Morgan fingerprint density at radius 2 is 1.93 bits per heavy atom. The van der Waals surface area contributed by atoms with Gasteiger partial charge in [0.15, 0.2) is 0 Å². The number of sulfone groups is 1. The van der Waals surface area contributed by atoms with Gasteiger partial charge in [0.25, 0.3) is 0 Å². The van der Waals surface area contributed by atoms with Gasteiger partial charge < -0.3 is 25.0 Å². The van der Waals surface area contributed by atoms with Gasteiger partial charge in [0, 0.05) is 74.3 Å². The molecular weight excluding hydrogens is 528 g/mol. The molecule has 4 heterocycles. The minimum absolute atomic E-state index is 0.0144. The molecule has 0 amide bonds. The number of nitrogens with zero attached hydrogens (tertiary/aromatic N) is 5. The molecule has 0 spiro atoms. The normalized spacial score (nSPS) is 23.5. The first-order chi connectivity index (χ1) is 19.1. The van der Waals surface area contributed by atoms with Crippen molar-refractivity contribution in [2.45, 2.75) is 45.3 Å². The van der Waals surface area contributed by atoms with Gasteiger partial charge in [-0.1, -0.05) is 19.9 Å². The highest BCUT2D eigenvalue weighted by Gasteiger charge is 2.38. The van der Waals surface area contributed by atoms with E-state index in [0.717, 1.165) is 29.4 Å². The Kier molecular flexibility index (Phi) is 8.17. The van der Waals surface area contributed by atoms with Gasteiger partial charge in [-0.05, 0) is 48.4 Å². The molecule has 2 aliphatic heterocycles. The molecule has 0 radical (unpaired) electrons. The first kappa shape index (κ1) is 28.5. The Labute approximate surface area is 236 Å². The molecule has 10 nitrogen and oxygen atoms in total. The number of nitrogens with one attached hydrogen (secondary N) is 1. The number of fused-ring (bicyclic) bond motifs is 1. The molecule has 11 heteroatoms. The fourth-order valence-electron chi connectivity index (χ4n) is 6.03. The van der Waals surface area contributed by atoms with E-state index < -0.39 is 9.84 Å². The molecule has 1 aromatic carbocycles. The van der Waals surface area contributed by atoms with E-state index in [1.807, 2.05) is 12.3 Å². The van der Waals surface area contributed by atoms with Crippen LogP contribution >= 0.6 is 0 Å². The van der Waals surface area contributed by atoms with Crippen LogP contribution in [0.3, 0.4) is 0 Å². The minimum Gasteiger partial charge on any atom is -0.396 e. The van der Waals surface area contributed by atoms with Gasteiger partial charge in [0.1, 0.15) is 21.5 Å². The van der Waals surface area contributed by atoms with Gasteiger partial charge in [0.2, 0.25) is 5.95 Å². The molecule has 5 rings (SSSR count). The summed E-state index contributed by atoms with van der Waals surface area (Å²) in [5, 5.41) is 15.3. The van der Waals surface area contributed by atoms with E-state index in [4.69, 9.17) is 14.7 Å². The third kappa shape index (κ3) is 5.87. The molecule has 2 N–H and O–H groups in total. The van der Waals surface area contributed by atoms with E-state index in [2.05, 4.69) is 59.1 Å². The Morgan fingerprint density at radius 1 is 1.12 bits per heavy atom. The zero-order valence-electron chi connectivity index (χ0n) is 23.9. The van der Waals surface area contributed by atoms with Crippen LogP contribution in [0.5, 0.6) is 0 Å². The fourth-order valence-corrected chi connectivity index (χ4v) is 7.20. The lowest BCUT2D eigenvalue weighted by molar-refractivity contribution is 0.0137. The largest absolute Gasteiger partial charge is 0.396 e. The molecule has 0 aliphatic carbocycles. The van der Waals surface area contributed by atoms with Crippen molar-refractivity contribution < 1.29 is 18.3 Å². The van der Waals surface area contributed by atoms with Crippen molar-refractivity contribution in [1.29, 1.82) is 0 Å². The molecule has 2 aliphatic rings. The summed E-state index contributed by atoms with van der Waals surface area (Å²) in [6.45, 7) is 8.62. The lowest BCUT2D eigenvalue weighted by Gasteiger charge is -2.48. The van der Waals surface area contributed by atoms with Crippen LogP contribution in [0.15, 0.2) is 36.7 Å². The molecule has 3 aromatic rings. The van der Waals surface area contributed by atoms with E-state index in [1.165, 1.54) is 11.8 Å². The van der Waals surface area contributed by atoms with E-state index in [0.29, 0.717) is 36.6 Å². The maximum atomic E-state index is 11.8. The van der Waals surface area contributed by atoms with Gasteiger partial charge in [-0.25, -0.2) is 18.4 Å². The molecular formula is C29H40N6O4S. The summed E-state index contributed by atoms with van der Waals surface area (Å²) in [6, 6.07) is 8.35. The molecule has 0 unspecified atom stereocenters. The zero-order valence-corrected chi connectivity index (χ0v) is 24.7. The highest BCUT2D eigenvalue weighted by atomic mass is 32.2. The van der Waals surface area contributed by atoms with Crippen molar-refractivity contribution in [2.75, 3.05) is 60.5 Å². The smallest absolute Gasteiger partial charge is 0.227 e. The lowest BCUT2D eigenvalue weighted by atomic mass is 9.88. The lowest BCUT2D eigenvalue weighted by Crippen LogP contribution is -2.57. The van der Waals surface area contributed by atoms with E-state index in [1.54, 1.807) is 13.3 Å². The second-order valence-electron chi connectivity index (χ2n) is 11.5. The first-order valence-corrected chi connectivity index (χ1v) is 16.0. The van der Waals surface area contributed by atoms with Gasteiger partial charge >= 0.3 is 0 Å². The summed E-state index contributed by atoms with van der Waals surface area (Å²) in [5.74, 6) is 2.62. The van der Waals surface area contributed by atoms with Crippen molar-refractivity contribution in [3.63, 3.8) is 0 Å². The number of anilines is 4. The predicted octanol–water partition coefficient (Wildman–Crippen LogP) is 3.59. The topological polar surface area (TPSA) is 121 Å². The number of piperidine rings is 1. The van der Waals surface area contributed by atoms with Crippen LogP contribution in [0, 0.1) is 11.8 Å². The number of hydrogen-bond acceptors (Lipinski definition) is 10. The molecule has 2 saturated heterocycles. The molecule has 2 fully saturated rings. The second kappa shape index (κ2) is 11.5. The monoisotopic (exact) mass is 568 g/mol. The van der Waals surface area contributed by atoms with Crippen LogP contribution in [0.1, 0.15) is 38.7 Å². The Bertz CT molecular complexity index is 1470. The summed E-state index contributed by atoms with van der Waals surface area (Å²) in [4.78, 5) is 18.3. The van der Waals surface area contributed by atoms with Crippen LogP contribution in [0.4, 0.5) is 23.3 Å². The number of rotatable bonds is 9. The zero-order chi connectivity index (χ0) is 28.6. The second-order valence-corrected chi connectivity index (χ2v) is 13.7. The summed E-state index contributed by atoms with van der Waals surface area (Å²) in [5.41, 5.74) is 2.31. The number of hydrogen-bond donors (Lipinski definition) is 2. The maximum Gasteiger partial charge on any atom is 0.227 e. The third-order valence-corrected chi connectivity index (χ3v) is 9.38. The number of aliphatic hydroxyl groups is 1. The SMILES string of the molecule is CO[C@@H]1CCN(c2nccc(Nc3cc4c(C(C)C)ccc(N5C[C@H](CS(C)(=O)=O)[C@H]5C)c4cn3)n2)C[C@@H]1CO. The van der Waals surface area contributed by atoms with Crippen molar-refractivity contribution >= 4 is 43.9 Å². The average Bonchev–Trinajstić information content (AvgIpc) is 2.93. The maximum absolute atomic E-state index is 11.8. The van der Waals surface area contributed by atoms with E-state index >= 15 is 0 Å². The van der Waals surface area contributed by atoms with Crippen molar-refractivity contribution in [3.8, 4) is 0 Å². The number of pyridine rings is 1. The molecule has 40 heavy (non-hydrogen) atoms. The summed E-state index contributed by atoms with van der Waals surface area (Å²) < 4.78 is 29.2. The average molecular weight is 569 g/mol. The number of aromatic nitrogens is 3. The Balaban J connectivity index is 1.39. The number of methoxy groups -OCH3 is 1. The van der Waals surface area contributed by atoms with Gasteiger partial charge in [0.05, 0.1) is 18.5 Å². The van der Waals surface area contributed by atoms with Crippen LogP contribution < -0.4 is 15.1 Å². The molecule has 2 aromatic heterocycles. The summed E-state index contributed by atoms with van der Waals surface area (Å²) in [7, 11) is -1.33. The van der Waals surface area contributed by atoms with Gasteiger partial charge in [-0.2, -0.15) is 4.98 Å². The van der Waals surface area contributed by atoms with Gasteiger partial charge in [-0.3, -0.25) is 0 Å². The van der Waals surface area contributed by atoms with Crippen molar-refractivity contribution in [2.24, 2.45) is 11.8 Å². The predicted molar refractivity (Wildman–Crippen MR) is 159 cm³/mol. The van der Waals surface area contributed by atoms with E-state index in [9.17, 15) is 13.5 Å². The van der Waals surface area contributed by atoms with Crippen LogP contribution in [0.2, 0.25) is 0 Å². The Morgan fingerprint density at radius 3 is 2.60 bits per heavy atom. The summed E-state index contributed by atoms with van der Waals surface area (Å²) in [6.07, 6.45) is 5.79. The number of aliphatic hydroxyl groups excluding tert-OH is 1. The fraction of sp³-hybridized carbons (Fsp3) is 0.552. The van der Waals surface area contributed by atoms with Crippen molar-refractivity contribution in [3.05, 3.63) is 42.2 Å². The molecule has 4 atom stereocenters. The van der Waals surface area contributed by atoms with Crippen LogP contribution in [-0.4, -0.2) is 86.0 Å². The van der Waals surface area contributed by atoms with Gasteiger partial charge in [-0.15, -0.1) is 0 Å². The van der Waals surface area contributed by atoms with Crippen LogP contribution in [-0.2, 0) is 14.6 Å². The van der Waals surface area contributed by atoms with Crippen LogP contribution in [0.25, 0.3) is 10.8 Å². The number of benzene rings is 1. The molecule has 0 saturated carbocycles. The van der Waals surface area contributed by atoms with Crippen molar-refractivity contribution in [1.82, 2.24) is 15.0 Å². The number of ether oxygens (including phenoxy) is 1. The molecule has 216 valence electrons. The first-order valence-electron chi connectivity index (χ1n) is 13.9. The quantitative estimate of drug-likeness (QED) is 0.396. The molecule has 0 bridgehead atoms. The highest BCUT2D eigenvalue weighted by Crippen LogP contribution is 2.39. The highest BCUT2D eigenvalue weighted by molar-refractivity contribution is 7.90. The Hall–Kier alpha value is -3.02.